The molecule has 0 spiro atoms. The molecule has 0 unspecified atom stereocenters. The van der Waals surface area contributed by atoms with Gasteiger partial charge in [-0.1, -0.05) is 103 Å². The molecule has 14 rings (SSSR count). The van der Waals surface area contributed by atoms with Gasteiger partial charge in [0, 0.05) is 79.1 Å². The van der Waals surface area contributed by atoms with Crippen LogP contribution in [0.25, 0.3) is 122 Å². The van der Waals surface area contributed by atoms with Crippen LogP contribution in [0, 0.1) is 0 Å². The fourth-order valence-electron chi connectivity index (χ4n) is 10.2. The molecule has 0 aliphatic rings. The van der Waals surface area contributed by atoms with Crippen molar-refractivity contribution < 1.29 is 0 Å². The lowest BCUT2D eigenvalue weighted by Gasteiger charge is -2.16. The number of benzene rings is 7. The molecule has 0 radical (unpaired) electrons. The maximum atomic E-state index is 5.43. The first kappa shape index (κ1) is 34.7. The molecule has 7 heterocycles. The van der Waals surface area contributed by atoms with Gasteiger partial charge in [0.05, 0.1) is 49.8 Å². The van der Waals surface area contributed by atoms with Gasteiger partial charge in [0.2, 0.25) is 11.9 Å². The second-order valence-corrected chi connectivity index (χ2v) is 16.2. The molecule has 0 fully saturated rings. The molecule has 7 aromatic heterocycles. The van der Waals surface area contributed by atoms with Crippen molar-refractivity contribution in [3.8, 4) is 34.7 Å². The lowest BCUT2D eigenvalue weighted by atomic mass is 10.1. The summed E-state index contributed by atoms with van der Waals surface area (Å²) in [4.78, 5) is 25.3. The number of nitrogens with zero attached hydrogens (tertiary/aromatic N) is 9. The van der Waals surface area contributed by atoms with Crippen LogP contribution in [0.15, 0.2) is 201 Å². The van der Waals surface area contributed by atoms with Crippen LogP contribution >= 0.6 is 0 Å². The molecule has 0 N–H and O–H groups in total. The summed E-state index contributed by atoms with van der Waals surface area (Å²) >= 11 is 0. The third-order valence-corrected chi connectivity index (χ3v) is 12.8. The van der Waals surface area contributed by atoms with Gasteiger partial charge >= 0.3 is 0 Å². The van der Waals surface area contributed by atoms with Gasteiger partial charge < -0.3 is 9.13 Å². The van der Waals surface area contributed by atoms with E-state index < -0.39 is 0 Å². The summed E-state index contributed by atoms with van der Waals surface area (Å²) in [6, 6.07) is 62.0. The number of fused-ring (bicyclic) bond motifs is 12. The number of rotatable bonds is 5. The van der Waals surface area contributed by atoms with Crippen LogP contribution in [0.4, 0.5) is 0 Å². The first-order valence-corrected chi connectivity index (χ1v) is 21.3. The van der Waals surface area contributed by atoms with E-state index in [1.807, 2.05) is 36.9 Å². The molecule has 0 bridgehead atoms. The fourth-order valence-corrected chi connectivity index (χ4v) is 10.2. The topological polar surface area (TPSA) is 84.2 Å². The molecule has 0 saturated carbocycles. The summed E-state index contributed by atoms with van der Waals surface area (Å²) in [6.45, 7) is 0. The van der Waals surface area contributed by atoms with Crippen molar-refractivity contribution in [3.05, 3.63) is 201 Å². The van der Waals surface area contributed by atoms with Gasteiger partial charge in [0.1, 0.15) is 0 Å². The van der Waals surface area contributed by atoms with Crippen molar-refractivity contribution >= 4 is 87.2 Å². The fraction of sp³-hybridized carbons (Fsp3) is 0. The minimum Gasteiger partial charge on any atom is -0.309 e. The van der Waals surface area contributed by atoms with E-state index in [0.29, 0.717) is 17.7 Å². The average Bonchev–Trinajstić information content (AvgIpc) is 4.09. The summed E-state index contributed by atoms with van der Waals surface area (Å²) < 4.78 is 9.01. The van der Waals surface area contributed by atoms with E-state index >= 15 is 0 Å². The molecule has 9 nitrogen and oxygen atoms in total. The Bertz CT molecular complexity index is 3930. The summed E-state index contributed by atoms with van der Waals surface area (Å²) in [5.74, 6) is 1.55. The molecule has 9 heteroatoms. The highest BCUT2D eigenvalue weighted by atomic mass is 15.3. The monoisotopic (exact) mass is 819 g/mol. The summed E-state index contributed by atoms with van der Waals surface area (Å²) in [5, 5.41) is 8.97. The lowest BCUT2D eigenvalue weighted by molar-refractivity contribution is 0.891. The largest absolute Gasteiger partial charge is 0.309 e. The van der Waals surface area contributed by atoms with Gasteiger partial charge in [-0.2, -0.15) is 15.0 Å². The summed E-state index contributed by atoms with van der Waals surface area (Å²) in [6.07, 6.45) is 7.48. The highest BCUT2D eigenvalue weighted by Gasteiger charge is 2.23. The zero-order valence-corrected chi connectivity index (χ0v) is 34.1. The highest BCUT2D eigenvalue weighted by molar-refractivity contribution is 6.13. The Morgan fingerprint density at radius 2 is 0.703 bits per heavy atom. The van der Waals surface area contributed by atoms with Gasteiger partial charge in [-0.15, -0.1) is 0 Å². The lowest BCUT2D eigenvalue weighted by Crippen LogP contribution is -2.11. The number of pyridine rings is 2. The maximum Gasteiger partial charge on any atom is 0.240 e. The molecule has 0 aliphatic carbocycles. The van der Waals surface area contributed by atoms with Crippen LogP contribution in [-0.2, 0) is 0 Å². The molecular weight excluding hydrogens is 787 g/mol. The zero-order chi connectivity index (χ0) is 41.9. The van der Waals surface area contributed by atoms with Crippen molar-refractivity contribution in [3.63, 3.8) is 0 Å². The van der Waals surface area contributed by atoms with Crippen molar-refractivity contribution in [2.45, 2.75) is 0 Å². The number of para-hydroxylation sites is 6. The van der Waals surface area contributed by atoms with E-state index in [9.17, 15) is 0 Å². The Balaban J connectivity index is 1.05. The summed E-state index contributed by atoms with van der Waals surface area (Å²) in [7, 11) is 0. The van der Waals surface area contributed by atoms with Crippen LogP contribution in [-0.4, -0.2) is 43.2 Å². The van der Waals surface area contributed by atoms with Crippen LogP contribution in [0.2, 0.25) is 0 Å². The molecule has 0 atom stereocenters. The van der Waals surface area contributed by atoms with Gasteiger partial charge in [0.25, 0.3) is 0 Å². The number of aromatic nitrogens is 9. The van der Waals surface area contributed by atoms with Crippen LogP contribution in [0.3, 0.4) is 0 Å². The van der Waals surface area contributed by atoms with Crippen molar-refractivity contribution in [2.24, 2.45) is 0 Å². The van der Waals surface area contributed by atoms with E-state index in [-0.39, 0.29) is 0 Å². The zero-order valence-electron chi connectivity index (χ0n) is 34.1. The van der Waals surface area contributed by atoms with Crippen molar-refractivity contribution in [1.82, 2.24) is 43.2 Å². The van der Waals surface area contributed by atoms with Gasteiger partial charge in [-0.05, 0) is 72.8 Å². The van der Waals surface area contributed by atoms with Crippen LogP contribution in [0.5, 0.6) is 0 Å². The second kappa shape index (κ2) is 13.3. The first-order valence-electron chi connectivity index (χ1n) is 21.3. The Morgan fingerprint density at radius 1 is 0.297 bits per heavy atom. The SMILES string of the molecule is c1ccc(-n2c3ccccc3c3cc(-n4c5ccccc5c5ccccc54)ccc32)c(-c2nc(-n3c4ccccc4c4cnccc43)nc(-n3c4ccccc4c4cnccc43)n2)c1. The molecule has 0 aliphatic heterocycles. The smallest absolute Gasteiger partial charge is 0.240 e. The van der Waals surface area contributed by atoms with E-state index in [1.54, 1.807) is 0 Å². The van der Waals surface area contributed by atoms with Crippen LogP contribution in [0.1, 0.15) is 0 Å². The van der Waals surface area contributed by atoms with E-state index in [4.69, 9.17) is 15.0 Å². The Hall–Kier alpha value is -8.95. The van der Waals surface area contributed by atoms with E-state index in [0.717, 1.165) is 82.4 Å². The van der Waals surface area contributed by atoms with Gasteiger partial charge in [0.15, 0.2) is 5.82 Å². The average molecular weight is 820 g/mol. The molecule has 64 heavy (non-hydrogen) atoms. The normalized spacial score (nSPS) is 12.1. The number of hydrogen-bond acceptors (Lipinski definition) is 5. The van der Waals surface area contributed by atoms with Crippen molar-refractivity contribution in [1.29, 1.82) is 0 Å². The van der Waals surface area contributed by atoms with E-state index in [1.165, 1.54) is 21.8 Å². The molecule has 298 valence electrons. The predicted octanol–water partition coefficient (Wildman–Crippen LogP) is 12.7. The quantitative estimate of drug-likeness (QED) is 0.173. The second-order valence-electron chi connectivity index (χ2n) is 16.2. The van der Waals surface area contributed by atoms with Gasteiger partial charge in [-0.25, -0.2) is 0 Å². The molecular formula is C55H33N9. The summed E-state index contributed by atoms with van der Waals surface area (Å²) in [5.41, 5.74) is 11.3. The van der Waals surface area contributed by atoms with Crippen LogP contribution < -0.4 is 0 Å². The Kier molecular flexibility index (Phi) is 7.20. The highest BCUT2D eigenvalue weighted by Crippen LogP contribution is 2.40. The predicted molar refractivity (Wildman–Crippen MR) is 258 cm³/mol. The standard InChI is InChI=1S/C55H33N9/c1-7-19-44-35(13-1)36-14-2-8-20-45(36)61(44)34-25-26-50-41(31-34)37-15-3-9-21-46(37)62(50)49-24-12-6-18-40(49)53-58-54(63-47-22-10-4-16-38(47)42-32-56-29-27-51(42)63)60-55(59-53)64-48-23-11-5-17-39(48)43-33-57-30-28-52(43)64/h1-33H. The minimum atomic E-state index is 0.505. The van der Waals surface area contributed by atoms with E-state index in [2.05, 4.69) is 192 Å². The van der Waals surface area contributed by atoms with Crippen molar-refractivity contribution in [2.75, 3.05) is 0 Å². The third kappa shape index (κ3) is 4.86. The minimum absolute atomic E-state index is 0.505. The number of hydrogen-bond donors (Lipinski definition) is 0. The molecule has 7 aromatic carbocycles. The maximum absolute atomic E-state index is 5.43. The molecule has 0 amide bonds. The van der Waals surface area contributed by atoms with Gasteiger partial charge in [-0.3, -0.25) is 19.1 Å². The molecule has 14 aromatic rings. The third-order valence-electron chi connectivity index (χ3n) is 12.8. The first-order chi connectivity index (χ1) is 31.8. The Labute approximate surface area is 364 Å². The molecule has 0 saturated heterocycles. The Morgan fingerprint density at radius 3 is 1.25 bits per heavy atom.